The second kappa shape index (κ2) is 6.62. The highest BCUT2D eigenvalue weighted by Crippen LogP contribution is 2.33. The van der Waals surface area contributed by atoms with Gasteiger partial charge < -0.3 is 0 Å². The first-order valence-corrected chi connectivity index (χ1v) is 10.1. The Kier molecular flexibility index (Phi) is 4.34. The maximum Gasteiger partial charge on any atom is 0.435 e. The fourth-order valence-corrected chi connectivity index (χ4v) is 3.19. The van der Waals surface area contributed by atoms with Gasteiger partial charge in [-0.15, -0.1) is 10.2 Å². The molecular weight excluding hydrogens is 407 g/mol. The molecule has 4 rings (SSSR count). The van der Waals surface area contributed by atoms with Crippen LogP contribution in [0.1, 0.15) is 5.69 Å². The Balaban J connectivity index is 1.90. The number of hydrogen-bond acceptors (Lipinski definition) is 6. The van der Waals surface area contributed by atoms with E-state index in [1.165, 1.54) is 0 Å². The highest BCUT2D eigenvalue weighted by atomic mass is 32.2. The highest BCUT2D eigenvalue weighted by Gasteiger charge is 2.35. The van der Waals surface area contributed by atoms with Crippen LogP contribution in [0.2, 0.25) is 0 Å². The van der Waals surface area contributed by atoms with E-state index in [-0.39, 0.29) is 11.6 Å². The average molecular weight is 419 g/mol. The van der Waals surface area contributed by atoms with E-state index >= 15 is 0 Å². The highest BCUT2D eigenvalue weighted by molar-refractivity contribution is 7.90. The van der Waals surface area contributed by atoms with Crippen molar-refractivity contribution in [2.24, 2.45) is 0 Å². The monoisotopic (exact) mass is 419 g/mol. The molecule has 2 aromatic heterocycles. The maximum absolute atomic E-state index is 13.3. The Labute approximate surface area is 162 Å². The molecule has 0 aliphatic heterocycles. The molecule has 0 saturated carbocycles. The molecule has 0 aliphatic rings. The van der Waals surface area contributed by atoms with Gasteiger partial charge in [-0.3, -0.25) is 0 Å². The molecule has 11 heteroatoms. The fourth-order valence-electron chi connectivity index (χ4n) is 2.75. The number of nitrogens with zero attached hydrogens (tertiary/aromatic N) is 5. The van der Waals surface area contributed by atoms with Crippen molar-refractivity contribution in [1.82, 2.24) is 25.0 Å². The number of alkyl halides is 3. The lowest BCUT2D eigenvalue weighted by Crippen LogP contribution is -2.11. The van der Waals surface area contributed by atoms with Gasteiger partial charge in [0.2, 0.25) is 0 Å². The van der Waals surface area contributed by atoms with Crippen molar-refractivity contribution < 1.29 is 21.6 Å². The summed E-state index contributed by atoms with van der Waals surface area (Å²) in [6.45, 7) is 0. The van der Waals surface area contributed by atoms with Crippen LogP contribution in [-0.2, 0) is 16.0 Å². The van der Waals surface area contributed by atoms with Crippen LogP contribution in [0.3, 0.4) is 0 Å². The van der Waals surface area contributed by atoms with Gasteiger partial charge in [-0.2, -0.15) is 23.0 Å². The van der Waals surface area contributed by atoms with Crippen molar-refractivity contribution >= 4 is 20.6 Å². The standard InChI is InChI=1S/C18H12F3N5O2S/c1-29(27,28)16-10-22-17(24-23-16)26-14(9-15(25-26)18(19,20)21)13-7-6-11-4-2-3-5-12(11)8-13/h2-10H,1H3. The van der Waals surface area contributed by atoms with Crippen molar-refractivity contribution in [3.8, 4) is 17.2 Å². The molecule has 0 atom stereocenters. The number of rotatable bonds is 3. The van der Waals surface area contributed by atoms with Crippen molar-refractivity contribution in [2.75, 3.05) is 6.26 Å². The number of fused-ring (bicyclic) bond motifs is 1. The quantitative estimate of drug-likeness (QED) is 0.506. The number of sulfone groups is 1. The third-order valence-corrected chi connectivity index (χ3v) is 5.09. The molecule has 0 radical (unpaired) electrons. The molecule has 0 unspecified atom stereocenters. The summed E-state index contributed by atoms with van der Waals surface area (Å²) in [5.41, 5.74) is -0.573. The minimum atomic E-state index is -4.68. The first-order chi connectivity index (χ1) is 13.6. The topological polar surface area (TPSA) is 90.6 Å². The van der Waals surface area contributed by atoms with E-state index in [1.54, 1.807) is 18.2 Å². The Hall–Kier alpha value is -3.34. The summed E-state index contributed by atoms with van der Waals surface area (Å²) < 4.78 is 63.7. The van der Waals surface area contributed by atoms with Crippen LogP contribution in [0, 0.1) is 0 Å². The zero-order chi connectivity index (χ0) is 20.8. The van der Waals surface area contributed by atoms with Crippen molar-refractivity contribution in [2.45, 2.75) is 11.2 Å². The molecule has 148 valence electrons. The van der Waals surface area contributed by atoms with Gasteiger partial charge in [0.05, 0.1) is 11.9 Å². The zero-order valence-corrected chi connectivity index (χ0v) is 15.6. The molecule has 4 aromatic rings. The number of aromatic nitrogens is 5. The molecule has 2 heterocycles. The van der Waals surface area contributed by atoms with E-state index in [9.17, 15) is 21.6 Å². The molecule has 0 spiro atoms. The lowest BCUT2D eigenvalue weighted by molar-refractivity contribution is -0.141. The van der Waals surface area contributed by atoms with Gasteiger partial charge in [0, 0.05) is 11.8 Å². The molecule has 0 aliphatic carbocycles. The Bertz CT molecular complexity index is 1320. The van der Waals surface area contributed by atoms with Gasteiger partial charge in [-0.1, -0.05) is 36.4 Å². The van der Waals surface area contributed by atoms with Crippen LogP contribution >= 0.6 is 0 Å². The van der Waals surface area contributed by atoms with Gasteiger partial charge in [-0.25, -0.2) is 13.4 Å². The van der Waals surface area contributed by atoms with E-state index < -0.39 is 26.7 Å². The van der Waals surface area contributed by atoms with Crippen LogP contribution in [0.5, 0.6) is 0 Å². The normalized spacial score (nSPS) is 12.4. The Morgan fingerprint density at radius 2 is 1.69 bits per heavy atom. The molecule has 0 saturated heterocycles. The summed E-state index contributed by atoms with van der Waals surface area (Å²) in [4.78, 5) is 3.84. The van der Waals surface area contributed by atoms with Crippen LogP contribution in [-0.4, -0.2) is 39.6 Å². The lowest BCUT2D eigenvalue weighted by atomic mass is 10.0. The molecule has 0 amide bonds. The third-order valence-electron chi connectivity index (χ3n) is 4.14. The molecular formula is C18H12F3N5O2S. The minimum Gasteiger partial charge on any atom is -0.222 e. The van der Waals surface area contributed by atoms with E-state index in [0.717, 1.165) is 34.0 Å². The first-order valence-electron chi connectivity index (χ1n) is 8.19. The summed E-state index contributed by atoms with van der Waals surface area (Å²) in [5, 5.41) is 12.1. The molecule has 0 fully saturated rings. The summed E-state index contributed by atoms with van der Waals surface area (Å²) in [6.07, 6.45) is -2.83. The number of halogens is 3. The van der Waals surface area contributed by atoms with Crippen molar-refractivity contribution in [3.63, 3.8) is 0 Å². The zero-order valence-electron chi connectivity index (χ0n) is 14.8. The largest absolute Gasteiger partial charge is 0.435 e. The Morgan fingerprint density at radius 1 is 0.966 bits per heavy atom. The molecule has 0 bridgehead atoms. The van der Waals surface area contributed by atoms with Gasteiger partial charge >= 0.3 is 6.18 Å². The van der Waals surface area contributed by atoms with Gasteiger partial charge in [-0.05, 0) is 22.9 Å². The smallest absolute Gasteiger partial charge is 0.222 e. The predicted molar refractivity (Wildman–Crippen MR) is 98.0 cm³/mol. The summed E-state index contributed by atoms with van der Waals surface area (Å²) in [7, 11) is -3.65. The lowest BCUT2D eigenvalue weighted by Gasteiger charge is -2.07. The molecule has 29 heavy (non-hydrogen) atoms. The third kappa shape index (κ3) is 3.68. The minimum absolute atomic E-state index is 0.0944. The maximum atomic E-state index is 13.3. The van der Waals surface area contributed by atoms with Crippen molar-refractivity contribution in [3.05, 3.63) is 60.4 Å². The number of benzene rings is 2. The van der Waals surface area contributed by atoms with E-state index in [0.29, 0.717) is 5.56 Å². The second-order valence-electron chi connectivity index (χ2n) is 6.25. The molecule has 7 nitrogen and oxygen atoms in total. The van der Waals surface area contributed by atoms with Gasteiger partial charge in [0.25, 0.3) is 5.95 Å². The van der Waals surface area contributed by atoms with Crippen molar-refractivity contribution in [1.29, 1.82) is 0 Å². The SMILES string of the molecule is CS(=O)(=O)c1cnc(-n2nc(C(F)(F)F)cc2-c2ccc3ccccc3c2)nn1. The number of hydrogen-bond donors (Lipinski definition) is 0. The summed E-state index contributed by atoms with van der Waals surface area (Å²) >= 11 is 0. The average Bonchev–Trinajstić information content (AvgIpc) is 3.13. The van der Waals surface area contributed by atoms with E-state index in [2.05, 4.69) is 20.3 Å². The summed E-state index contributed by atoms with van der Waals surface area (Å²) in [5.74, 6) is -0.281. The Morgan fingerprint density at radius 3 is 2.31 bits per heavy atom. The predicted octanol–water partition coefficient (Wildman–Crippen LogP) is 3.30. The van der Waals surface area contributed by atoms with Gasteiger partial charge in [0.1, 0.15) is 0 Å². The van der Waals surface area contributed by atoms with E-state index in [4.69, 9.17) is 0 Å². The van der Waals surface area contributed by atoms with Crippen LogP contribution in [0.15, 0.2) is 59.8 Å². The summed E-state index contributed by atoms with van der Waals surface area (Å²) in [6, 6.07) is 13.4. The van der Waals surface area contributed by atoms with Gasteiger partial charge in [0.15, 0.2) is 20.6 Å². The van der Waals surface area contributed by atoms with Crippen LogP contribution < -0.4 is 0 Å². The molecule has 2 aromatic carbocycles. The van der Waals surface area contributed by atoms with E-state index in [1.807, 2.05) is 24.3 Å². The van der Waals surface area contributed by atoms with Crippen LogP contribution in [0.25, 0.3) is 28.0 Å². The van der Waals surface area contributed by atoms with Crippen LogP contribution in [0.4, 0.5) is 13.2 Å². The fraction of sp³-hybridized carbons (Fsp3) is 0.111. The molecule has 0 N–H and O–H groups in total. The second-order valence-corrected chi connectivity index (χ2v) is 8.22. The first kappa shape index (κ1) is 19.0.